The zero-order valence-corrected chi connectivity index (χ0v) is 18.3. The molecule has 0 fully saturated rings. The maximum Gasteiger partial charge on any atom is 0.338 e. The topological polar surface area (TPSA) is 82.9 Å². The second-order valence-electron chi connectivity index (χ2n) is 7.55. The molecule has 0 radical (unpaired) electrons. The first-order valence-corrected chi connectivity index (χ1v) is 10.3. The summed E-state index contributed by atoms with van der Waals surface area (Å²) in [6.07, 6.45) is 2.42. The molecule has 8 nitrogen and oxygen atoms in total. The maximum atomic E-state index is 12.6. The Balaban J connectivity index is 1.36. The van der Waals surface area contributed by atoms with Crippen LogP contribution >= 0.6 is 0 Å². The Bertz CT molecular complexity index is 1140. The summed E-state index contributed by atoms with van der Waals surface area (Å²) in [5.41, 5.74) is 4.34. The molecule has 3 aromatic rings. The van der Waals surface area contributed by atoms with Gasteiger partial charge in [0.05, 0.1) is 25.5 Å². The molecule has 0 aliphatic carbocycles. The van der Waals surface area contributed by atoms with Crippen LogP contribution in [0.15, 0.2) is 48.7 Å². The van der Waals surface area contributed by atoms with Gasteiger partial charge in [-0.2, -0.15) is 5.10 Å². The molecular formula is C24H25N3O5. The first-order valence-electron chi connectivity index (χ1n) is 10.3. The molecule has 0 saturated heterocycles. The van der Waals surface area contributed by atoms with Crippen molar-refractivity contribution in [2.45, 2.75) is 19.9 Å². The fraction of sp³-hybridized carbons (Fsp3) is 0.292. The van der Waals surface area contributed by atoms with Gasteiger partial charge in [0.2, 0.25) is 0 Å². The van der Waals surface area contributed by atoms with Gasteiger partial charge in [-0.3, -0.25) is 4.79 Å². The van der Waals surface area contributed by atoms with Gasteiger partial charge in [0, 0.05) is 25.0 Å². The fourth-order valence-electron chi connectivity index (χ4n) is 3.78. The highest BCUT2D eigenvalue weighted by molar-refractivity contribution is 5.91. The van der Waals surface area contributed by atoms with Gasteiger partial charge in [0.15, 0.2) is 18.1 Å². The summed E-state index contributed by atoms with van der Waals surface area (Å²) in [5.74, 6) is 0.530. The van der Waals surface area contributed by atoms with E-state index in [9.17, 15) is 9.59 Å². The van der Waals surface area contributed by atoms with Gasteiger partial charge < -0.3 is 19.1 Å². The minimum absolute atomic E-state index is 0.234. The van der Waals surface area contributed by atoms with Crippen molar-refractivity contribution in [1.29, 1.82) is 0 Å². The molecule has 2 heterocycles. The van der Waals surface area contributed by atoms with Crippen LogP contribution in [0.4, 0.5) is 0 Å². The fourth-order valence-corrected chi connectivity index (χ4v) is 3.78. The van der Waals surface area contributed by atoms with Crippen LogP contribution in [-0.2, 0) is 22.5 Å². The number of amides is 1. The number of hydrogen-bond acceptors (Lipinski definition) is 6. The molecule has 1 amide bonds. The van der Waals surface area contributed by atoms with E-state index in [1.807, 2.05) is 25.1 Å². The third-order valence-electron chi connectivity index (χ3n) is 5.58. The van der Waals surface area contributed by atoms with E-state index in [-0.39, 0.29) is 12.5 Å². The second-order valence-corrected chi connectivity index (χ2v) is 7.55. The quantitative estimate of drug-likeness (QED) is 0.554. The molecular weight excluding hydrogens is 410 g/mol. The van der Waals surface area contributed by atoms with Gasteiger partial charge in [0.25, 0.3) is 5.91 Å². The summed E-state index contributed by atoms with van der Waals surface area (Å²) in [6, 6.07) is 12.7. The average Bonchev–Trinajstić information content (AvgIpc) is 3.26. The molecule has 0 N–H and O–H groups in total. The standard InChI is InChI=1S/C24H25N3O5/c1-16-8-10-25-27(16)20-6-4-17(5-7-20)24(29)32-15-23(28)26-11-9-18-12-21(30-2)22(31-3)13-19(18)14-26/h4-8,10,12-13H,9,11,14-15H2,1-3H3. The first kappa shape index (κ1) is 21.4. The number of esters is 1. The van der Waals surface area contributed by atoms with Gasteiger partial charge in [-0.1, -0.05) is 0 Å². The molecule has 32 heavy (non-hydrogen) atoms. The predicted molar refractivity (Wildman–Crippen MR) is 117 cm³/mol. The number of carbonyl (C=O) groups is 2. The lowest BCUT2D eigenvalue weighted by atomic mass is 9.99. The second kappa shape index (κ2) is 9.13. The van der Waals surface area contributed by atoms with Crippen molar-refractivity contribution in [3.05, 3.63) is 71.0 Å². The predicted octanol–water partition coefficient (Wildman–Crippen LogP) is 2.94. The van der Waals surface area contributed by atoms with Crippen LogP contribution in [0.2, 0.25) is 0 Å². The van der Waals surface area contributed by atoms with Crippen LogP contribution in [0, 0.1) is 6.92 Å². The lowest BCUT2D eigenvalue weighted by molar-refractivity contribution is -0.135. The number of ether oxygens (including phenoxy) is 3. The minimum Gasteiger partial charge on any atom is -0.493 e. The molecule has 2 aromatic carbocycles. The summed E-state index contributed by atoms with van der Waals surface area (Å²) < 4.78 is 17.8. The maximum absolute atomic E-state index is 12.6. The molecule has 1 aromatic heterocycles. The zero-order chi connectivity index (χ0) is 22.7. The normalized spacial score (nSPS) is 12.8. The molecule has 8 heteroatoms. The van der Waals surface area contributed by atoms with Gasteiger partial charge in [-0.25, -0.2) is 9.48 Å². The number of aromatic nitrogens is 2. The highest BCUT2D eigenvalue weighted by Crippen LogP contribution is 2.33. The van der Waals surface area contributed by atoms with Gasteiger partial charge in [-0.05, 0) is 66.9 Å². The Labute approximate surface area is 186 Å². The summed E-state index contributed by atoms with van der Waals surface area (Å²) >= 11 is 0. The number of aryl methyl sites for hydroxylation is 1. The molecule has 0 saturated carbocycles. The number of fused-ring (bicyclic) bond motifs is 1. The van der Waals surface area contributed by atoms with E-state index in [0.29, 0.717) is 36.6 Å². The Kier molecular flexibility index (Phi) is 6.11. The Morgan fingerprint density at radius 3 is 2.31 bits per heavy atom. The van der Waals surface area contributed by atoms with Gasteiger partial charge in [-0.15, -0.1) is 0 Å². The number of carbonyl (C=O) groups excluding carboxylic acids is 2. The van der Waals surface area contributed by atoms with Crippen LogP contribution in [0.1, 0.15) is 27.2 Å². The van der Waals surface area contributed by atoms with E-state index in [1.54, 1.807) is 54.3 Å². The molecule has 0 atom stereocenters. The van der Waals surface area contributed by atoms with Crippen LogP contribution in [0.25, 0.3) is 5.69 Å². The minimum atomic E-state index is -0.536. The number of hydrogen-bond donors (Lipinski definition) is 0. The van der Waals surface area contributed by atoms with E-state index in [2.05, 4.69) is 5.10 Å². The van der Waals surface area contributed by atoms with E-state index >= 15 is 0 Å². The third-order valence-corrected chi connectivity index (χ3v) is 5.58. The molecule has 4 rings (SSSR count). The Hall–Kier alpha value is -3.81. The third kappa shape index (κ3) is 4.30. The van der Waals surface area contributed by atoms with E-state index < -0.39 is 5.97 Å². The van der Waals surface area contributed by atoms with Crippen molar-refractivity contribution in [1.82, 2.24) is 14.7 Å². The lowest BCUT2D eigenvalue weighted by Crippen LogP contribution is -2.38. The SMILES string of the molecule is COc1cc2c(cc1OC)CN(C(=O)COC(=O)c1ccc(-n3nccc3C)cc1)CC2. The molecule has 0 bridgehead atoms. The van der Waals surface area contributed by atoms with Gasteiger partial charge in [0.1, 0.15) is 0 Å². The van der Waals surface area contributed by atoms with Crippen LogP contribution < -0.4 is 9.47 Å². The van der Waals surface area contributed by atoms with Crippen LogP contribution in [0.5, 0.6) is 11.5 Å². The van der Waals surface area contributed by atoms with Crippen molar-refractivity contribution in [3.63, 3.8) is 0 Å². The highest BCUT2D eigenvalue weighted by atomic mass is 16.5. The first-order chi connectivity index (χ1) is 15.5. The molecule has 0 unspecified atom stereocenters. The zero-order valence-electron chi connectivity index (χ0n) is 18.3. The number of methoxy groups -OCH3 is 2. The van der Waals surface area contributed by atoms with Crippen molar-refractivity contribution in [2.75, 3.05) is 27.4 Å². The van der Waals surface area contributed by atoms with E-state index in [4.69, 9.17) is 14.2 Å². The monoisotopic (exact) mass is 435 g/mol. The number of nitrogens with zero attached hydrogens (tertiary/aromatic N) is 3. The smallest absolute Gasteiger partial charge is 0.338 e. The van der Waals surface area contributed by atoms with Crippen molar-refractivity contribution in [2.24, 2.45) is 0 Å². The summed E-state index contributed by atoms with van der Waals surface area (Å²) in [4.78, 5) is 26.7. The van der Waals surface area contributed by atoms with Crippen molar-refractivity contribution in [3.8, 4) is 17.2 Å². The average molecular weight is 435 g/mol. The molecule has 0 spiro atoms. The van der Waals surface area contributed by atoms with E-state index in [0.717, 1.165) is 22.5 Å². The van der Waals surface area contributed by atoms with E-state index in [1.165, 1.54) is 0 Å². The van der Waals surface area contributed by atoms with Gasteiger partial charge >= 0.3 is 5.97 Å². The Morgan fingerprint density at radius 2 is 1.69 bits per heavy atom. The number of benzene rings is 2. The van der Waals surface area contributed by atoms with Crippen molar-refractivity contribution >= 4 is 11.9 Å². The van der Waals surface area contributed by atoms with Crippen LogP contribution in [-0.4, -0.2) is 53.9 Å². The Morgan fingerprint density at radius 1 is 1.00 bits per heavy atom. The highest BCUT2D eigenvalue weighted by Gasteiger charge is 2.24. The molecule has 1 aliphatic heterocycles. The number of rotatable bonds is 6. The molecule has 1 aliphatic rings. The summed E-state index contributed by atoms with van der Waals surface area (Å²) in [5, 5.41) is 4.24. The lowest BCUT2D eigenvalue weighted by Gasteiger charge is -2.29. The largest absolute Gasteiger partial charge is 0.493 e. The van der Waals surface area contributed by atoms with Crippen LogP contribution in [0.3, 0.4) is 0 Å². The van der Waals surface area contributed by atoms with Crippen molar-refractivity contribution < 1.29 is 23.8 Å². The molecule has 166 valence electrons. The summed E-state index contributed by atoms with van der Waals surface area (Å²) in [7, 11) is 3.18. The summed E-state index contributed by atoms with van der Waals surface area (Å²) in [6.45, 7) is 2.63.